The third-order valence-electron chi connectivity index (χ3n) is 5.29. The zero-order valence-corrected chi connectivity index (χ0v) is 17.0. The second kappa shape index (κ2) is 10.4. The molecule has 1 aliphatic rings. The molecule has 1 aromatic carbocycles. The van der Waals surface area contributed by atoms with Crippen LogP contribution < -0.4 is 4.74 Å². The maximum atomic E-state index is 12.9. The smallest absolute Gasteiger partial charge is 0.272 e. The Morgan fingerprint density at radius 1 is 1.03 bits per heavy atom. The van der Waals surface area contributed by atoms with Crippen molar-refractivity contribution in [3.05, 3.63) is 59.4 Å². The molecule has 2 atom stereocenters. The number of amides is 1. The van der Waals surface area contributed by atoms with Crippen LogP contribution in [0.3, 0.4) is 0 Å². The summed E-state index contributed by atoms with van der Waals surface area (Å²) in [6, 6.07) is 13.2. The zero-order valence-electron chi connectivity index (χ0n) is 17.0. The van der Waals surface area contributed by atoms with Crippen LogP contribution in [0, 0.1) is 6.92 Å². The van der Waals surface area contributed by atoms with Gasteiger partial charge in [-0.2, -0.15) is 0 Å². The topological polar surface area (TPSA) is 82.9 Å². The van der Waals surface area contributed by atoms with Gasteiger partial charge < -0.3 is 19.8 Å². The predicted octanol–water partition coefficient (Wildman–Crippen LogP) is 2.75. The fraction of sp³-hybridized carbons (Fsp3) is 0.478. The number of carbonyl (C=O) groups is 1. The van der Waals surface area contributed by atoms with Gasteiger partial charge in [-0.1, -0.05) is 30.7 Å². The molecule has 1 aromatic heterocycles. The highest BCUT2D eigenvalue weighted by Crippen LogP contribution is 2.21. The number of ether oxygens (including phenoxy) is 1. The van der Waals surface area contributed by atoms with Crippen LogP contribution in [0.15, 0.2) is 42.5 Å². The number of aromatic nitrogens is 1. The molecule has 0 saturated carbocycles. The highest BCUT2D eigenvalue weighted by molar-refractivity contribution is 5.92. The molecule has 1 amide bonds. The molecular weight excluding hydrogens is 368 g/mol. The van der Waals surface area contributed by atoms with Gasteiger partial charge in [0.2, 0.25) is 0 Å². The molecule has 2 N–H and O–H groups in total. The van der Waals surface area contributed by atoms with Crippen molar-refractivity contribution >= 4 is 5.91 Å². The summed E-state index contributed by atoms with van der Waals surface area (Å²) in [6.45, 7) is 2.85. The van der Waals surface area contributed by atoms with E-state index in [-0.39, 0.29) is 18.9 Å². The fourth-order valence-corrected chi connectivity index (χ4v) is 3.55. The van der Waals surface area contributed by atoms with Gasteiger partial charge in [-0.05, 0) is 56.4 Å². The number of hydrogen-bond donors (Lipinski definition) is 2. The Morgan fingerprint density at radius 3 is 2.69 bits per heavy atom. The van der Waals surface area contributed by atoms with Gasteiger partial charge in [0.05, 0.1) is 6.10 Å². The maximum Gasteiger partial charge on any atom is 0.272 e. The van der Waals surface area contributed by atoms with E-state index < -0.39 is 12.2 Å². The maximum absolute atomic E-state index is 12.9. The highest BCUT2D eigenvalue weighted by Gasteiger charge is 2.22. The molecule has 29 heavy (non-hydrogen) atoms. The van der Waals surface area contributed by atoms with Gasteiger partial charge in [-0.3, -0.25) is 4.79 Å². The number of benzene rings is 1. The van der Waals surface area contributed by atoms with Crippen molar-refractivity contribution in [1.29, 1.82) is 0 Å². The van der Waals surface area contributed by atoms with E-state index in [0.717, 1.165) is 42.7 Å². The lowest BCUT2D eigenvalue weighted by atomic mass is 10.0. The van der Waals surface area contributed by atoms with Crippen LogP contribution in [0.1, 0.15) is 47.4 Å². The van der Waals surface area contributed by atoms with Crippen LogP contribution in [0.2, 0.25) is 0 Å². The Hall–Kier alpha value is -2.44. The Balaban J connectivity index is 1.71. The van der Waals surface area contributed by atoms with Crippen LogP contribution in [0.5, 0.6) is 5.75 Å². The number of para-hydroxylation sites is 1. The van der Waals surface area contributed by atoms with Crippen molar-refractivity contribution in [2.45, 2.75) is 51.2 Å². The van der Waals surface area contributed by atoms with Crippen molar-refractivity contribution in [3.63, 3.8) is 0 Å². The lowest BCUT2D eigenvalue weighted by molar-refractivity contribution is -0.0153. The molecule has 6 heteroatoms. The van der Waals surface area contributed by atoms with E-state index in [4.69, 9.17) is 4.74 Å². The minimum Gasteiger partial charge on any atom is -0.491 e. The first-order valence-corrected chi connectivity index (χ1v) is 10.3. The second-order valence-corrected chi connectivity index (χ2v) is 7.61. The van der Waals surface area contributed by atoms with E-state index in [1.165, 1.54) is 0 Å². The zero-order chi connectivity index (χ0) is 20.6. The van der Waals surface area contributed by atoms with Crippen LogP contribution in [0.25, 0.3) is 0 Å². The monoisotopic (exact) mass is 398 g/mol. The van der Waals surface area contributed by atoms with Crippen LogP contribution >= 0.6 is 0 Å². The molecule has 0 radical (unpaired) electrons. The minimum atomic E-state index is -1.01. The molecule has 2 heterocycles. The molecule has 0 aliphatic carbocycles. The fourth-order valence-electron chi connectivity index (χ4n) is 3.55. The first-order chi connectivity index (χ1) is 14.0. The standard InChI is InChI=1S/C23H30N2O4/c1-17-8-7-11-19(24-17)23(28)25-14-6-2-3-9-18-10-4-5-12-22(18)29-16-21(27)20(26)13-15-25/h4-5,7-8,10-12,20-21,26-27H,2-3,6,9,13-16H2,1H3/t20-,21+/m0/s1. The number of hydrogen-bond acceptors (Lipinski definition) is 5. The molecule has 0 unspecified atom stereocenters. The Bertz CT molecular complexity index is 811. The molecule has 156 valence electrons. The van der Waals surface area contributed by atoms with Crippen molar-refractivity contribution in [2.75, 3.05) is 19.7 Å². The number of fused-ring (bicyclic) bond motifs is 1. The average Bonchev–Trinajstić information content (AvgIpc) is 2.73. The van der Waals surface area contributed by atoms with Gasteiger partial charge in [0.15, 0.2) is 0 Å². The van der Waals surface area contributed by atoms with Gasteiger partial charge in [-0.15, -0.1) is 0 Å². The van der Waals surface area contributed by atoms with E-state index in [1.807, 2.05) is 43.3 Å². The summed E-state index contributed by atoms with van der Waals surface area (Å²) < 4.78 is 5.77. The largest absolute Gasteiger partial charge is 0.491 e. The van der Waals surface area contributed by atoms with Gasteiger partial charge in [0.1, 0.15) is 24.2 Å². The number of aliphatic hydroxyl groups excluding tert-OH is 2. The summed E-state index contributed by atoms with van der Waals surface area (Å²) in [7, 11) is 0. The third-order valence-corrected chi connectivity index (χ3v) is 5.29. The lowest BCUT2D eigenvalue weighted by Gasteiger charge is -2.26. The quantitative estimate of drug-likeness (QED) is 0.772. The van der Waals surface area contributed by atoms with Crippen LogP contribution in [0.4, 0.5) is 0 Å². The second-order valence-electron chi connectivity index (χ2n) is 7.61. The van der Waals surface area contributed by atoms with Crippen molar-refractivity contribution in [3.8, 4) is 5.75 Å². The lowest BCUT2D eigenvalue weighted by Crippen LogP contribution is -2.39. The highest BCUT2D eigenvalue weighted by atomic mass is 16.5. The number of nitrogens with zero attached hydrogens (tertiary/aromatic N) is 2. The number of pyridine rings is 1. The molecule has 2 aromatic rings. The Morgan fingerprint density at radius 2 is 1.86 bits per heavy atom. The summed E-state index contributed by atoms with van der Waals surface area (Å²) in [6.07, 6.45) is 2.04. The summed E-state index contributed by atoms with van der Waals surface area (Å²) in [5.74, 6) is 0.627. The first-order valence-electron chi connectivity index (χ1n) is 10.3. The Labute approximate surface area is 172 Å². The van der Waals surface area contributed by atoms with E-state index >= 15 is 0 Å². The van der Waals surface area contributed by atoms with Gasteiger partial charge >= 0.3 is 0 Å². The minimum absolute atomic E-state index is 0.0194. The third kappa shape index (κ3) is 6.02. The normalized spacial score (nSPS) is 21.6. The molecule has 6 nitrogen and oxygen atoms in total. The average molecular weight is 399 g/mol. The van der Waals surface area contributed by atoms with Gasteiger partial charge in [0.25, 0.3) is 5.91 Å². The molecule has 0 fully saturated rings. The molecule has 3 rings (SSSR count). The molecule has 0 saturated heterocycles. The molecule has 0 bridgehead atoms. The number of rotatable bonds is 1. The number of aryl methyl sites for hydroxylation is 2. The summed E-state index contributed by atoms with van der Waals surface area (Å²) in [4.78, 5) is 19.0. The number of aliphatic hydroxyl groups is 2. The summed E-state index contributed by atoms with van der Waals surface area (Å²) >= 11 is 0. The van der Waals surface area contributed by atoms with Crippen molar-refractivity contribution in [1.82, 2.24) is 9.88 Å². The van der Waals surface area contributed by atoms with Crippen LogP contribution in [-0.4, -0.2) is 57.9 Å². The molecule has 0 spiro atoms. The van der Waals surface area contributed by atoms with Gasteiger partial charge in [0, 0.05) is 18.8 Å². The van der Waals surface area contributed by atoms with Crippen LogP contribution in [-0.2, 0) is 6.42 Å². The van der Waals surface area contributed by atoms with E-state index in [0.29, 0.717) is 18.8 Å². The van der Waals surface area contributed by atoms with E-state index in [2.05, 4.69) is 4.98 Å². The summed E-state index contributed by atoms with van der Waals surface area (Å²) in [5.41, 5.74) is 2.31. The number of carbonyl (C=O) groups excluding carboxylic acids is 1. The predicted molar refractivity (Wildman–Crippen MR) is 111 cm³/mol. The Kier molecular flexibility index (Phi) is 7.61. The SMILES string of the molecule is Cc1cccc(C(=O)N2CCCCCc3ccccc3OC[C@@H](O)[C@@H](O)CC2)n1. The summed E-state index contributed by atoms with van der Waals surface area (Å²) in [5, 5.41) is 20.7. The van der Waals surface area contributed by atoms with E-state index in [9.17, 15) is 15.0 Å². The first kappa shape index (κ1) is 21.3. The van der Waals surface area contributed by atoms with Crippen molar-refractivity contribution in [2.24, 2.45) is 0 Å². The van der Waals surface area contributed by atoms with Gasteiger partial charge in [-0.25, -0.2) is 4.98 Å². The molecular formula is C23H30N2O4. The van der Waals surface area contributed by atoms with E-state index in [1.54, 1.807) is 11.0 Å². The molecule has 1 aliphatic heterocycles. The van der Waals surface area contributed by atoms with Crippen molar-refractivity contribution < 1.29 is 19.7 Å².